The van der Waals surface area contributed by atoms with Crippen LogP contribution in [0.5, 0.6) is 5.75 Å². The number of fused-ring (bicyclic) bond motifs is 1. The highest BCUT2D eigenvalue weighted by atomic mass is 32.2. The lowest BCUT2D eigenvalue weighted by molar-refractivity contribution is -0.268. The van der Waals surface area contributed by atoms with Gasteiger partial charge in [0.15, 0.2) is 5.84 Å². The zero-order valence-electron chi connectivity index (χ0n) is 13.8. The van der Waals surface area contributed by atoms with Gasteiger partial charge in [0.05, 0.1) is 24.9 Å². The number of aromatic carboxylic acids is 1. The Morgan fingerprint density at radius 1 is 1.26 bits per heavy atom. The smallest absolute Gasteiger partial charge is 0.335 e. The molecule has 2 N–H and O–H groups in total. The van der Waals surface area contributed by atoms with E-state index in [1.165, 1.54) is 12.1 Å². The molecule has 0 fully saturated rings. The van der Waals surface area contributed by atoms with Crippen molar-refractivity contribution in [3.05, 3.63) is 59.2 Å². The molecule has 2 aromatic rings. The molecule has 27 heavy (non-hydrogen) atoms. The van der Waals surface area contributed by atoms with Crippen molar-refractivity contribution in [3.8, 4) is 5.75 Å². The summed E-state index contributed by atoms with van der Waals surface area (Å²) in [7, 11) is -3.88. The predicted molar refractivity (Wildman–Crippen MR) is 94.4 cm³/mol. The molecule has 0 amide bonds. The molecule has 0 spiro atoms. The second-order valence-corrected chi connectivity index (χ2v) is 7.11. The average molecular weight is 388 g/mol. The first kappa shape index (κ1) is 18.5. The van der Waals surface area contributed by atoms with Gasteiger partial charge in [-0.2, -0.15) is 13.5 Å². The topological polar surface area (TPSA) is 143 Å². The van der Waals surface area contributed by atoms with Crippen molar-refractivity contribution in [2.24, 2.45) is 9.50 Å². The van der Waals surface area contributed by atoms with Crippen molar-refractivity contribution in [2.75, 3.05) is 13.2 Å². The number of nitrogens with zero attached hydrogens (tertiary/aromatic N) is 3. The molecule has 0 saturated heterocycles. The van der Waals surface area contributed by atoms with Crippen molar-refractivity contribution < 1.29 is 28.5 Å². The number of hydrogen-bond donors (Lipinski definition) is 2. The minimum Gasteiger partial charge on any atom is -0.872 e. The summed E-state index contributed by atoms with van der Waals surface area (Å²) in [6.07, 6.45) is 1.11. The fourth-order valence-corrected chi connectivity index (χ4v) is 3.71. The minimum absolute atomic E-state index is 0.00702. The summed E-state index contributed by atoms with van der Waals surface area (Å²) < 4.78 is 28.1. The Morgan fingerprint density at radius 2 is 2.00 bits per heavy atom. The molecule has 0 saturated carbocycles. The number of amidine groups is 1. The molecule has 0 radical (unpaired) electrons. The molecule has 1 aliphatic rings. The predicted octanol–water partition coefficient (Wildman–Crippen LogP) is 0.236. The second-order valence-electron chi connectivity index (χ2n) is 5.54. The maximum Gasteiger partial charge on any atom is 0.335 e. The zero-order valence-corrected chi connectivity index (χ0v) is 14.6. The Kier molecular flexibility index (Phi) is 4.93. The van der Waals surface area contributed by atoms with Crippen LogP contribution in [0.25, 0.3) is 0 Å². The molecular weight excluding hydrogens is 374 g/mol. The first-order valence-corrected chi connectivity index (χ1v) is 9.18. The third-order valence-electron chi connectivity index (χ3n) is 3.76. The van der Waals surface area contributed by atoms with Crippen LogP contribution in [0.2, 0.25) is 0 Å². The first-order chi connectivity index (χ1) is 12.8. The van der Waals surface area contributed by atoms with Crippen LogP contribution in [0.1, 0.15) is 21.5 Å². The largest absolute Gasteiger partial charge is 0.872 e. The number of sulfonamides is 1. The number of aliphatic hydroxyl groups is 1. The van der Waals surface area contributed by atoms with Crippen molar-refractivity contribution in [2.45, 2.75) is 4.90 Å². The van der Waals surface area contributed by atoms with Crippen molar-refractivity contribution in [3.63, 3.8) is 0 Å². The van der Waals surface area contributed by atoms with Crippen molar-refractivity contribution in [1.82, 2.24) is 5.01 Å². The van der Waals surface area contributed by atoms with Crippen molar-refractivity contribution in [1.29, 1.82) is 0 Å². The van der Waals surface area contributed by atoms with E-state index >= 15 is 0 Å². The quantitative estimate of drug-likeness (QED) is 0.551. The molecule has 0 aliphatic carbocycles. The molecule has 1 heterocycles. The number of hydrogen-bond acceptors (Lipinski definition) is 7. The van der Waals surface area contributed by atoms with Gasteiger partial charge in [0, 0.05) is 5.56 Å². The van der Waals surface area contributed by atoms with Crippen LogP contribution >= 0.6 is 0 Å². The molecule has 0 atom stereocenters. The van der Waals surface area contributed by atoms with E-state index in [2.05, 4.69) is 9.50 Å². The maximum atomic E-state index is 12.2. The number of hydrazone groups is 1. The number of carboxylic acids is 1. The summed E-state index contributed by atoms with van der Waals surface area (Å²) in [6.45, 7) is -0.427. The van der Waals surface area contributed by atoms with Crippen LogP contribution in [-0.4, -0.2) is 54.8 Å². The third kappa shape index (κ3) is 3.66. The van der Waals surface area contributed by atoms with E-state index in [-0.39, 0.29) is 35.0 Å². The molecule has 0 unspecified atom stereocenters. The van der Waals surface area contributed by atoms with Gasteiger partial charge in [-0.05, 0) is 29.8 Å². The lowest BCUT2D eigenvalue weighted by Crippen LogP contribution is -2.29. The second kappa shape index (κ2) is 7.17. The van der Waals surface area contributed by atoms with Gasteiger partial charge in [0.2, 0.25) is 0 Å². The molecule has 1 aliphatic heterocycles. The van der Waals surface area contributed by atoms with Gasteiger partial charge in [0.25, 0.3) is 10.0 Å². The van der Waals surface area contributed by atoms with E-state index in [1.54, 1.807) is 18.2 Å². The molecule has 2 aromatic carbocycles. The molecular formula is C17H14N3O6S-. The van der Waals surface area contributed by atoms with Crippen molar-refractivity contribution >= 4 is 28.0 Å². The number of rotatable bonds is 5. The Bertz CT molecular complexity index is 1060. The Labute approximate surface area is 154 Å². The van der Waals surface area contributed by atoms with Gasteiger partial charge in [-0.25, -0.2) is 9.80 Å². The van der Waals surface area contributed by atoms with E-state index in [0.717, 1.165) is 23.4 Å². The lowest BCUT2D eigenvalue weighted by atomic mass is 10.1. The molecule has 0 bridgehead atoms. The number of aliphatic hydroxyl groups excluding tert-OH is 1. The normalized spacial score (nSPS) is 14.8. The van der Waals surface area contributed by atoms with Gasteiger partial charge in [-0.1, -0.05) is 23.9 Å². The Morgan fingerprint density at radius 3 is 2.70 bits per heavy atom. The molecule has 0 aromatic heterocycles. The summed E-state index contributed by atoms with van der Waals surface area (Å²) in [5, 5.41) is 35.4. The lowest BCUT2D eigenvalue weighted by Gasteiger charge is -2.18. The van der Waals surface area contributed by atoms with E-state index < -0.39 is 21.7 Å². The van der Waals surface area contributed by atoms with E-state index in [9.17, 15) is 23.4 Å². The summed E-state index contributed by atoms with van der Waals surface area (Å²) in [5.41, 5.74) is 0.244. The van der Waals surface area contributed by atoms with E-state index in [0.29, 0.717) is 5.56 Å². The highest BCUT2D eigenvalue weighted by molar-refractivity contribution is 7.90. The SMILES string of the molecule is O=C(O)c1ccc([O-])c(/C=N/N(CCO)C2=NS(=O)(=O)c3ccccc32)c1. The summed E-state index contributed by atoms with van der Waals surface area (Å²) in [5.74, 6) is -1.64. The van der Waals surface area contributed by atoms with Crippen LogP contribution < -0.4 is 5.11 Å². The maximum absolute atomic E-state index is 12.2. The minimum atomic E-state index is -3.88. The van der Waals surface area contributed by atoms with Gasteiger partial charge in [-0.15, -0.1) is 4.40 Å². The van der Waals surface area contributed by atoms with Crippen LogP contribution in [0, 0.1) is 0 Å². The number of carbonyl (C=O) groups is 1. The van der Waals surface area contributed by atoms with Gasteiger partial charge in [-0.3, -0.25) is 0 Å². The monoisotopic (exact) mass is 388 g/mol. The number of carboxylic acid groups (broad SMARTS) is 1. The fraction of sp³-hybridized carbons (Fsp3) is 0.118. The molecule has 10 heteroatoms. The van der Waals surface area contributed by atoms with Crippen LogP contribution in [-0.2, 0) is 10.0 Å². The van der Waals surface area contributed by atoms with E-state index in [4.69, 9.17) is 5.11 Å². The first-order valence-electron chi connectivity index (χ1n) is 7.74. The van der Waals surface area contributed by atoms with E-state index in [1.807, 2.05) is 0 Å². The van der Waals surface area contributed by atoms with Gasteiger partial charge >= 0.3 is 5.97 Å². The number of benzene rings is 2. The van der Waals surface area contributed by atoms with Crippen LogP contribution in [0.15, 0.2) is 56.9 Å². The van der Waals surface area contributed by atoms with Crippen LogP contribution in [0.4, 0.5) is 0 Å². The zero-order chi connectivity index (χ0) is 19.6. The molecule has 3 rings (SSSR count). The summed E-state index contributed by atoms with van der Waals surface area (Å²) >= 11 is 0. The fourth-order valence-electron chi connectivity index (χ4n) is 2.50. The highest BCUT2D eigenvalue weighted by Crippen LogP contribution is 2.27. The standard InChI is InChI=1S/C17H15N3O6S/c21-8-7-20(16-13-3-1-2-4-15(13)27(25,26)19-16)18-10-12-9-11(17(23)24)5-6-14(12)22/h1-6,9-10,21-22H,7-8H2,(H,23,24)/p-1/b18-10+. The third-order valence-corrected chi connectivity index (χ3v) is 5.09. The molecule has 140 valence electrons. The summed E-state index contributed by atoms with van der Waals surface area (Å²) in [6, 6.07) is 9.62. The van der Waals surface area contributed by atoms with Gasteiger partial charge < -0.3 is 15.3 Å². The summed E-state index contributed by atoms with van der Waals surface area (Å²) in [4.78, 5) is 11.1. The Balaban J connectivity index is 2.00. The van der Waals surface area contributed by atoms with Gasteiger partial charge in [0.1, 0.15) is 4.90 Å². The average Bonchev–Trinajstić information content (AvgIpc) is 2.91. The molecule has 9 nitrogen and oxygen atoms in total. The Hall–Kier alpha value is -3.24. The highest BCUT2D eigenvalue weighted by Gasteiger charge is 2.31. The van der Waals surface area contributed by atoms with Crippen LogP contribution in [0.3, 0.4) is 0 Å².